The average molecular weight is 388 g/mol. The Labute approximate surface area is 171 Å². The standard InChI is InChI=1S/C25H41NO2/c1-24-11-9-17(6-4-3-5-13-26)14-22(24)18(16-27)15-19-20-7-8-23(28)25(20,2)12-10-21(19)24/h4,6,17-22,27H,3,5,7-16,26H2,1-2H3/t17-,18-,19+,20+,21+,22?,24-,25+/m1/s1. The van der Waals surface area contributed by atoms with Gasteiger partial charge in [0.1, 0.15) is 5.78 Å². The van der Waals surface area contributed by atoms with Crippen LogP contribution >= 0.6 is 0 Å². The molecule has 3 heteroatoms. The van der Waals surface area contributed by atoms with Gasteiger partial charge in [-0.2, -0.15) is 0 Å². The SMILES string of the molecule is C[C@]12CC[C@@H](C=CCCCN)CC1[C@@H](CO)C[C@@H]1[C@@H]2CC[C@]2(C)C(=O)CC[C@@H]12. The molecular formula is C25H41NO2. The van der Waals surface area contributed by atoms with Crippen LogP contribution in [0, 0.1) is 46.3 Å². The van der Waals surface area contributed by atoms with E-state index in [4.69, 9.17) is 5.73 Å². The summed E-state index contributed by atoms with van der Waals surface area (Å²) in [4.78, 5) is 12.6. The first-order valence-electron chi connectivity index (χ1n) is 11.9. The topological polar surface area (TPSA) is 63.3 Å². The molecule has 0 spiro atoms. The number of fused-ring (bicyclic) bond motifs is 5. The van der Waals surface area contributed by atoms with Crippen LogP contribution in [0.15, 0.2) is 12.2 Å². The highest BCUT2D eigenvalue weighted by molar-refractivity contribution is 5.87. The minimum atomic E-state index is -0.0622. The molecule has 0 radical (unpaired) electrons. The predicted octanol–water partition coefficient (Wildman–Crippen LogP) is 4.73. The number of unbranched alkanes of at least 4 members (excludes halogenated alkanes) is 1. The summed E-state index contributed by atoms with van der Waals surface area (Å²) >= 11 is 0. The molecule has 0 aromatic heterocycles. The average Bonchev–Trinajstić information content (AvgIpc) is 3.00. The van der Waals surface area contributed by atoms with Crippen LogP contribution in [0.4, 0.5) is 0 Å². The number of carbonyl (C=O) groups excluding carboxylic acids is 1. The molecule has 4 aliphatic rings. The van der Waals surface area contributed by atoms with E-state index in [1.165, 1.54) is 25.7 Å². The van der Waals surface area contributed by atoms with Crippen molar-refractivity contribution < 1.29 is 9.90 Å². The van der Waals surface area contributed by atoms with Crippen molar-refractivity contribution in [3.63, 3.8) is 0 Å². The third-order valence-corrected chi connectivity index (χ3v) is 9.81. The highest BCUT2D eigenvalue weighted by atomic mass is 16.3. The molecule has 3 nitrogen and oxygen atoms in total. The van der Waals surface area contributed by atoms with E-state index in [1.807, 2.05) is 0 Å². The van der Waals surface area contributed by atoms with E-state index in [1.54, 1.807) is 0 Å². The Balaban J connectivity index is 1.54. The zero-order chi connectivity index (χ0) is 19.9. The number of hydrogen-bond acceptors (Lipinski definition) is 3. The summed E-state index contributed by atoms with van der Waals surface area (Å²) in [5.74, 6) is 4.23. The molecule has 8 atom stereocenters. The third-order valence-electron chi connectivity index (χ3n) is 9.81. The molecule has 28 heavy (non-hydrogen) atoms. The Morgan fingerprint density at radius 2 is 1.93 bits per heavy atom. The lowest BCUT2D eigenvalue weighted by atomic mass is 9.42. The largest absolute Gasteiger partial charge is 0.396 e. The molecule has 1 unspecified atom stereocenters. The predicted molar refractivity (Wildman–Crippen MR) is 114 cm³/mol. The minimum absolute atomic E-state index is 0.0622. The summed E-state index contributed by atoms with van der Waals surface area (Å²) in [5, 5.41) is 10.3. The first-order chi connectivity index (χ1) is 13.4. The lowest BCUT2D eigenvalue weighted by Crippen LogP contribution is -2.56. The van der Waals surface area contributed by atoms with Gasteiger partial charge in [0.15, 0.2) is 0 Å². The van der Waals surface area contributed by atoms with Crippen molar-refractivity contribution >= 4 is 5.78 Å². The fraction of sp³-hybridized carbons (Fsp3) is 0.880. The molecule has 158 valence electrons. The van der Waals surface area contributed by atoms with E-state index < -0.39 is 0 Å². The van der Waals surface area contributed by atoms with Crippen LogP contribution in [0.3, 0.4) is 0 Å². The number of carbonyl (C=O) groups is 1. The molecule has 0 aliphatic heterocycles. The Bertz CT molecular complexity index is 616. The number of ketones is 1. The highest BCUT2D eigenvalue weighted by Gasteiger charge is 2.61. The molecule has 4 fully saturated rings. The maximum atomic E-state index is 12.6. The zero-order valence-electron chi connectivity index (χ0n) is 18.0. The Morgan fingerprint density at radius 3 is 2.68 bits per heavy atom. The first kappa shape index (κ1) is 20.6. The van der Waals surface area contributed by atoms with Gasteiger partial charge in [0.05, 0.1) is 0 Å². The van der Waals surface area contributed by atoms with E-state index in [0.29, 0.717) is 47.4 Å². The lowest BCUT2D eigenvalue weighted by Gasteiger charge is -2.62. The van der Waals surface area contributed by atoms with E-state index in [9.17, 15) is 9.90 Å². The van der Waals surface area contributed by atoms with Crippen molar-refractivity contribution in [2.24, 2.45) is 52.1 Å². The second-order valence-corrected chi connectivity index (χ2v) is 11.0. The van der Waals surface area contributed by atoms with Crippen LogP contribution < -0.4 is 5.73 Å². The molecule has 0 amide bonds. The van der Waals surface area contributed by atoms with Crippen LogP contribution in [0.5, 0.6) is 0 Å². The van der Waals surface area contributed by atoms with Gasteiger partial charge < -0.3 is 10.8 Å². The van der Waals surface area contributed by atoms with Crippen LogP contribution in [0.2, 0.25) is 0 Å². The smallest absolute Gasteiger partial charge is 0.139 e. The molecule has 3 N–H and O–H groups in total. The van der Waals surface area contributed by atoms with Crippen LogP contribution in [-0.2, 0) is 4.79 Å². The van der Waals surface area contributed by atoms with Gasteiger partial charge in [-0.1, -0.05) is 26.0 Å². The Kier molecular flexibility index (Phi) is 5.79. The summed E-state index contributed by atoms with van der Waals surface area (Å²) < 4.78 is 0. The molecule has 0 heterocycles. The number of nitrogens with two attached hydrogens (primary N) is 1. The van der Waals surface area contributed by atoms with Gasteiger partial charge in [-0.05, 0) is 105 Å². The van der Waals surface area contributed by atoms with E-state index >= 15 is 0 Å². The van der Waals surface area contributed by atoms with Gasteiger partial charge in [-0.15, -0.1) is 0 Å². The highest BCUT2D eigenvalue weighted by Crippen LogP contribution is 2.67. The summed E-state index contributed by atoms with van der Waals surface area (Å²) in [7, 11) is 0. The van der Waals surface area contributed by atoms with Crippen molar-refractivity contribution in [1.29, 1.82) is 0 Å². The maximum absolute atomic E-state index is 12.6. The second kappa shape index (κ2) is 7.87. The first-order valence-corrected chi connectivity index (χ1v) is 11.9. The van der Waals surface area contributed by atoms with Gasteiger partial charge in [0.25, 0.3) is 0 Å². The summed E-state index contributed by atoms with van der Waals surface area (Å²) in [5.41, 5.74) is 5.91. The molecule has 4 aliphatic carbocycles. The van der Waals surface area contributed by atoms with Crippen LogP contribution in [0.1, 0.15) is 78.1 Å². The van der Waals surface area contributed by atoms with E-state index in [0.717, 1.165) is 51.0 Å². The quantitative estimate of drug-likeness (QED) is 0.529. The Morgan fingerprint density at radius 1 is 1.11 bits per heavy atom. The number of aliphatic hydroxyl groups excluding tert-OH is 1. The zero-order valence-corrected chi connectivity index (χ0v) is 18.0. The van der Waals surface area contributed by atoms with Gasteiger partial charge in [0, 0.05) is 18.4 Å². The monoisotopic (exact) mass is 387 g/mol. The van der Waals surface area contributed by atoms with Crippen LogP contribution in [0.25, 0.3) is 0 Å². The summed E-state index contributed by atoms with van der Waals surface area (Å²) in [6, 6.07) is 0. The van der Waals surface area contributed by atoms with Gasteiger partial charge in [0.2, 0.25) is 0 Å². The second-order valence-electron chi connectivity index (χ2n) is 11.0. The van der Waals surface area contributed by atoms with Crippen molar-refractivity contribution in [3.8, 4) is 0 Å². The molecule has 0 aromatic carbocycles. The summed E-state index contributed by atoms with van der Waals surface area (Å²) in [6.07, 6.45) is 16.2. The van der Waals surface area contributed by atoms with E-state index in [2.05, 4.69) is 26.0 Å². The molecular weight excluding hydrogens is 346 g/mol. The number of Topliss-reactive ketones (excluding diaryl/α,β-unsaturated/α-hetero) is 1. The minimum Gasteiger partial charge on any atom is -0.396 e. The molecule has 0 bridgehead atoms. The van der Waals surface area contributed by atoms with Gasteiger partial charge in [-0.25, -0.2) is 0 Å². The normalized spacial score (nSPS) is 48.4. The lowest BCUT2D eigenvalue weighted by molar-refractivity contribution is -0.152. The molecule has 0 saturated heterocycles. The fourth-order valence-corrected chi connectivity index (χ4v) is 8.21. The van der Waals surface area contributed by atoms with Crippen molar-refractivity contribution in [3.05, 3.63) is 12.2 Å². The number of aliphatic hydroxyl groups is 1. The van der Waals surface area contributed by atoms with E-state index in [-0.39, 0.29) is 5.41 Å². The molecule has 4 rings (SSSR count). The molecule has 4 saturated carbocycles. The van der Waals surface area contributed by atoms with Crippen LogP contribution in [-0.4, -0.2) is 24.0 Å². The fourth-order valence-electron chi connectivity index (χ4n) is 8.21. The van der Waals surface area contributed by atoms with Gasteiger partial charge in [-0.3, -0.25) is 4.79 Å². The van der Waals surface area contributed by atoms with Gasteiger partial charge >= 0.3 is 0 Å². The number of allylic oxidation sites excluding steroid dienone is 2. The maximum Gasteiger partial charge on any atom is 0.139 e. The molecule has 0 aromatic rings. The van der Waals surface area contributed by atoms with Crippen molar-refractivity contribution in [2.75, 3.05) is 13.2 Å². The van der Waals surface area contributed by atoms with Crippen molar-refractivity contribution in [2.45, 2.75) is 78.1 Å². The Hall–Kier alpha value is -0.670. The number of hydrogen-bond donors (Lipinski definition) is 2. The number of rotatable bonds is 5. The van der Waals surface area contributed by atoms with Crippen molar-refractivity contribution in [1.82, 2.24) is 0 Å². The summed E-state index contributed by atoms with van der Waals surface area (Å²) in [6.45, 7) is 5.90. The third kappa shape index (κ3) is 3.21.